The topological polar surface area (TPSA) is 93.8 Å². The maximum atomic E-state index is 12.7. The summed E-state index contributed by atoms with van der Waals surface area (Å²) in [6.45, 7) is 2.47. The number of aryl methyl sites for hydroxylation is 2. The Hall–Kier alpha value is -2.87. The lowest BCUT2D eigenvalue weighted by Gasteiger charge is -2.09. The minimum absolute atomic E-state index is 0.0932. The monoisotopic (exact) mass is 360 g/mol. The van der Waals surface area contributed by atoms with Crippen molar-refractivity contribution in [1.82, 2.24) is 24.6 Å². The van der Waals surface area contributed by atoms with Crippen molar-refractivity contribution in [1.29, 1.82) is 0 Å². The van der Waals surface area contributed by atoms with Gasteiger partial charge in [0.15, 0.2) is 10.8 Å². The summed E-state index contributed by atoms with van der Waals surface area (Å²) in [6, 6.07) is 3.38. The lowest BCUT2D eigenvalue weighted by Crippen LogP contribution is -2.21. The van der Waals surface area contributed by atoms with Crippen molar-refractivity contribution in [2.75, 3.05) is 12.4 Å². The lowest BCUT2D eigenvalue weighted by molar-refractivity contribution is 0.0958. The van der Waals surface area contributed by atoms with Crippen LogP contribution >= 0.6 is 11.6 Å². The number of pyridine rings is 1. The molecule has 8 nitrogen and oxygen atoms in total. The van der Waals surface area contributed by atoms with E-state index in [1.165, 1.54) is 13.1 Å². The van der Waals surface area contributed by atoms with E-state index < -0.39 is 5.91 Å². The molecule has 3 aromatic rings. The van der Waals surface area contributed by atoms with Gasteiger partial charge in [-0.3, -0.25) is 9.59 Å². The van der Waals surface area contributed by atoms with E-state index in [2.05, 4.69) is 20.8 Å². The molecule has 0 unspecified atom stereocenters. The summed E-state index contributed by atoms with van der Waals surface area (Å²) in [6.07, 6.45) is 3.54. The Balaban J connectivity index is 2.18. The van der Waals surface area contributed by atoms with Crippen LogP contribution in [0.5, 0.6) is 0 Å². The van der Waals surface area contributed by atoms with Crippen LogP contribution in [0.25, 0.3) is 10.9 Å². The van der Waals surface area contributed by atoms with Crippen molar-refractivity contribution in [2.45, 2.75) is 13.5 Å². The minimum Gasteiger partial charge on any atom is -0.354 e. The quantitative estimate of drug-likeness (QED) is 0.741. The molecule has 0 fully saturated rings. The number of rotatable bonds is 4. The highest BCUT2D eigenvalue weighted by Gasteiger charge is 2.17. The van der Waals surface area contributed by atoms with Crippen LogP contribution in [0.15, 0.2) is 29.3 Å². The molecule has 0 radical (unpaired) electrons. The summed E-state index contributed by atoms with van der Waals surface area (Å²) < 4.78 is 3.46. The molecule has 0 saturated carbocycles. The molecule has 130 valence electrons. The van der Waals surface area contributed by atoms with Crippen LogP contribution < -0.4 is 16.2 Å². The molecule has 9 heteroatoms. The number of carbonyl (C=O) groups is 1. The van der Waals surface area contributed by atoms with Crippen LogP contribution in [0.3, 0.4) is 0 Å². The summed E-state index contributed by atoms with van der Waals surface area (Å²) in [4.78, 5) is 24.7. The highest BCUT2D eigenvalue weighted by Crippen LogP contribution is 2.27. The van der Waals surface area contributed by atoms with Gasteiger partial charge in [0.1, 0.15) is 0 Å². The van der Waals surface area contributed by atoms with Crippen LogP contribution in [-0.4, -0.2) is 32.3 Å². The van der Waals surface area contributed by atoms with E-state index >= 15 is 0 Å². The molecule has 0 atom stereocenters. The van der Waals surface area contributed by atoms with Crippen LogP contribution in [-0.2, 0) is 13.6 Å². The number of fused-ring (bicyclic) bond motifs is 1. The number of nitrogens with zero attached hydrogens (tertiary/aromatic N) is 4. The van der Waals surface area contributed by atoms with Gasteiger partial charge in [0.2, 0.25) is 0 Å². The third-order valence-electron chi connectivity index (χ3n) is 3.93. The zero-order valence-corrected chi connectivity index (χ0v) is 14.8. The molecule has 0 saturated heterocycles. The molecule has 0 spiro atoms. The van der Waals surface area contributed by atoms with Crippen LogP contribution in [0, 0.1) is 0 Å². The number of anilines is 2. The van der Waals surface area contributed by atoms with E-state index in [1.54, 1.807) is 17.0 Å². The minimum atomic E-state index is -0.405. The van der Waals surface area contributed by atoms with Gasteiger partial charge in [0, 0.05) is 39.1 Å². The van der Waals surface area contributed by atoms with Gasteiger partial charge >= 0.3 is 0 Å². The average molecular weight is 361 g/mol. The maximum absolute atomic E-state index is 12.7. The van der Waals surface area contributed by atoms with E-state index in [-0.39, 0.29) is 16.4 Å². The van der Waals surface area contributed by atoms with E-state index in [1.807, 2.05) is 24.6 Å². The van der Waals surface area contributed by atoms with E-state index in [9.17, 15) is 9.59 Å². The summed E-state index contributed by atoms with van der Waals surface area (Å²) in [5, 5.41) is 13.8. The summed E-state index contributed by atoms with van der Waals surface area (Å²) in [7, 11) is 3.35. The molecular weight excluding hydrogens is 344 g/mol. The zero-order chi connectivity index (χ0) is 18.1. The van der Waals surface area contributed by atoms with Gasteiger partial charge in [-0.15, -0.1) is 10.2 Å². The molecule has 3 rings (SSSR count). The molecule has 0 aliphatic carbocycles. The fraction of sp³-hybridized carbons (Fsp3) is 0.250. The molecular formula is C16H17ClN6O2. The van der Waals surface area contributed by atoms with E-state index in [0.29, 0.717) is 23.3 Å². The number of aromatic nitrogens is 4. The molecule has 0 aliphatic heterocycles. The molecule has 1 amide bonds. The number of hydrogen-bond acceptors (Lipinski definition) is 5. The second-order valence-corrected chi connectivity index (χ2v) is 5.84. The Labute approximate surface area is 148 Å². The fourth-order valence-corrected chi connectivity index (χ4v) is 2.82. The summed E-state index contributed by atoms with van der Waals surface area (Å²) in [5.74, 6) is -0.405. The Morgan fingerprint density at radius 2 is 2.08 bits per heavy atom. The van der Waals surface area contributed by atoms with E-state index in [4.69, 9.17) is 11.6 Å². The molecule has 3 aromatic heterocycles. The summed E-state index contributed by atoms with van der Waals surface area (Å²) >= 11 is 5.92. The third kappa shape index (κ3) is 2.96. The SMILES string of the molecule is CCn1ccc2c(c(Nc3cc(Cl)nnc3C(=O)NC)cn2C)c1=O. The molecule has 25 heavy (non-hydrogen) atoms. The van der Waals surface area contributed by atoms with Crippen LogP contribution in [0.2, 0.25) is 5.15 Å². The third-order valence-corrected chi connectivity index (χ3v) is 4.12. The van der Waals surface area contributed by atoms with E-state index in [0.717, 1.165) is 5.52 Å². The Morgan fingerprint density at radius 1 is 1.32 bits per heavy atom. The Bertz CT molecular complexity index is 1020. The highest BCUT2D eigenvalue weighted by molar-refractivity contribution is 6.29. The zero-order valence-electron chi connectivity index (χ0n) is 14.0. The molecule has 0 aromatic carbocycles. The summed E-state index contributed by atoms with van der Waals surface area (Å²) in [5.41, 5.74) is 1.71. The number of halogens is 1. The first-order valence-electron chi connectivity index (χ1n) is 7.67. The Morgan fingerprint density at radius 3 is 2.76 bits per heavy atom. The molecule has 0 aliphatic rings. The van der Waals surface area contributed by atoms with Gasteiger partial charge in [0.25, 0.3) is 11.5 Å². The van der Waals surface area contributed by atoms with Crippen LogP contribution in [0.4, 0.5) is 11.4 Å². The van der Waals surface area contributed by atoms with Crippen molar-refractivity contribution in [2.24, 2.45) is 7.05 Å². The fourth-order valence-electron chi connectivity index (χ4n) is 2.68. The van der Waals surface area contributed by atoms with Crippen molar-refractivity contribution in [3.8, 4) is 0 Å². The lowest BCUT2D eigenvalue weighted by atomic mass is 10.2. The number of hydrogen-bond donors (Lipinski definition) is 2. The average Bonchev–Trinajstić information content (AvgIpc) is 2.91. The normalized spacial score (nSPS) is 10.9. The van der Waals surface area contributed by atoms with Gasteiger partial charge in [-0.1, -0.05) is 11.6 Å². The predicted molar refractivity (Wildman–Crippen MR) is 96.6 cm³/mol. The largest absolute Gasteiger partial charge is 0.354 e. The van der Waals surface area contributed by atoms with Crippen molar-refractivity contribution < 1.29 is 4.79 Å². The van der Waals surface area contributed by atoms with Crippen LogP contribution in [0.1, 0.15) is 17.4 Å². The van der Waals surface area contributed by atoms with Crippen molar-refractivity contribution in [3.63, 3.8) is 0 Å². The smallest absolute Gasteiger partial charge is 0.273 e. The molecule has 0 bridgehead atoms. The second kappa shape index (κ2) is 6.56. The van der Waals surface area contributed by atoms with Gasteiger partial charge in [-0.2, -0.15) is 0 Å². The van der Waals surface area contributed by atoms with Gasteiger partial charge in [0.05, 0.1) is 22.3 Å². The first-order chi connectivity index (χ1) is 12.0. The van der Waals surface area contributed by atoms with Gasteiger partial charge in [-0.25, -0.2) is 0 Å². The Kier molecular flexibility index (Phi) is 4.45. The first kappa shape index (κ1) is 17.0. The standard InChI is InChI=1S/C16H17ClN6O2/c1-4-23-6-5-11-13(16(23)25)10(8-22(11)3)19-9-7-12(17)20-21-14(9)15(24)18-2/h5-8H,4H2,1-3H3,(H,18,24)(H,19,20). The van der Waals surface area contributed by atoms with Crippen molar-refractivity contribution >= 4 is 39.8 Å². The second-order valence-electron chi connectivity index (χ2n) is 5.45. The van der Waals surface area contributed by atoms with Crippen molar-refractivity contribution in [3.05, 3.63) is 45.7 Å². The highest BCUT2D eigenvalue weighted by atomic mass is 35.5. The van der Waals surface area contributed by atoms with Gasteiger partial charge < -0.3 is 19.8 Å². The van der Waals surface area contributed by atoms with Gasteiger partial charge in [-0.05, 0) is 13.0 Å². The number of carbonyl (C=O) groups excluding carboxylic acids is 1. The molecule has 2 N–H and O–H groups in total. The predicted octanol–water partition coefficient (Wildman–Crippen LogP) is 1.91. The molecule has 3 heterocycles. The first-order valence-corrected chi connectivity index (χ1v) is 8.04. The number of amides is 1. The maximum Gasteiger partial charge on any atom is 0.273 e. The number of nitrogens with one attached hydrogen (secondary N) is 2.